The standard InChI is InChI=1S/C22H26N4O/c1-16-6-4-8-19(12-16)15-24-21-13-17(2)25-22(26-21)23-11-10-18-7-5-9-20(14-18)27-3/h4-9,12-14H,10-11,15H2,1-3H3,(H2,23,24,25,26). The molecule has 2 N–H and O–H groups in total. The molecule has 5 heteroatoms. The Morgan fingerprint density at radius 3 is 2.52 bits per heavy atom. The van der Waals surface area contributed by atoms with E-state index in [1.54, 1.807) is 7.11 Å². The lowest BCUT2D eigenvalue weighted by molar-refractivity contribution is 0.414. The monoisotopic (exact) mass is 362 g/mol. The molecule has 0 aliphatic carbocycles. The van der Waals surface area contributed by atoms with Gasteiger partial charge in [-0.2, -0.15) is 4.98 Å². The van der Waals surface area contributed by atoms with E-state index in [1.165, 1.54) is 16.7 Å². The molecule has 0 aliphatic heterocycles. The lowest BCUT2D eigenvalue weighted by Crippen LogP contribution is -2.10. The van der Waals surface area contributed by atoms with Crippen LogP contribution in [0.3, 0.4) is 0 Å². The van der Waals surface area contributed by atoms with Crippen molar-refractivity contribution < 1.29 is 4.74 Å². The van der Waals surface area contributed by atoms with Crippen LogP contribution >= 0.6 is 0 Å². The van der Waals surface area contributed by atoms with Gasteiger partial charge in [-0.25, -0.2) is 4.98 Å². The minimum atomic E-state index is 0.643. The van der Waals surface area contributed by atoms with Crippen LogP contribution < -0.4 is 15.4 Å². The van der Waals surface area contributed by atoms with Gasteiger partial charge >= 0.3 is 0 Å². The van der Waals surface area contributed by atoms with E-state index in [-0.39, 0.29) is 0 Å². The Morgan fingerprint density at radius 2 is 1.70 bits per heavy atom. The number of methoxy groups -OCH3 is 1. The maximum absolute atomic E-state index is 5.27. The van der Waals surface area contributed by atoms with Crippen molar-refractivity contribution in [2.45, 2.75) is 26.8 Å². The summed E-state index contributed by atoms with van der Waals surface area (Å²) in [5.74, 6) is 2.35. The van der Waals surface area contributed by atoms with Crippen molar-refractivity contribution in [2.24, 2.45) is 0 Å². The average Bonchev–Trinajstić information content (AvgIpc) is 2.66. The molecule has 3 aromatic rings. The van der Waals surface area contributed by atoms with Gasteiger partial charge < -0.3 is 15.4 Å². The first kappa shape index (κ1) is 18.7. The minimum absolute atomic E-state index is 0.643. The second-order valence-corrected chi connectivity index (χ2v) is 6.59. The zero-order valence-electron chi connectivity index (χ0n) is 16.1. The molecular formula is C22H26N4O. The summed E-state index contributed by atoms with van der Waals surface area (Å²) in [5, 5.41) is 6.70. The molecule has 0 unspecified atom stereocenters. The SMILES string of the molecule is COc1cccc(CCNc2nc(C)cc(NCc3cccc(C)c3)n2)c1. The molecule has 0 fully saturated rings. The zero-order valence-corrected chi connectivity index (χ0v) is 16.1. The second-order valence-electron chi connectivity index (χ2n) is 6.59. The van der Waals surface area contributed by atoms with Crippen molar-refractivity contribution in [2.75, 3.05) is 24.3 Å². The average molecular weight is 362 g/mol. The lowest BCUT2D eigenvalue weighted by Gasteiger charge is -2.11. The summed E-state index contributed by atoms with van der Waals surface area (Å²) in [7, 11) is 1.68. The van der Waals surface area contributed by atoms with Gasteiger partial charge in [0.1, 0.15) is 11.6 Å². The highest BCUT2D eigenvalue weighted by molar-refractivity contribution is 5.43. The number of hydrogen-bond donors (Lipinski definition) is 2. The van der Waals surface area contributed by atoms with Crippen LogP contribution in [-0.4, -0.2) is 23.6 Å². The Balaban J connectivity index is 1.57. The Labute approximate surface area is 160 Å². The van der Waals surface area contributed by atoms with Crippen molar-refractivity contribution in [1.29, 1.82) is 0 Å². The topological polar surface area (TPSA) is 59.1 Å². The van der Waals surface area contributed by atoms with Crippen molar-refractivity contribution in [3.63, 3.8) is 0 Å². The van der Waals surface area contributed by atoms with Gasteiger partial charge in [-0.05, 0) is 43.5 Å². The third-order valence-corrected chi connectivity index (χ3v) is 4.24. The Hall–Kier alpha value is -3.08. The van der Waals surface area contributed by atoms with Gasteiger partial charge in [-0.3, -0.25) is 0 Å². The summed E-state index contributed by atoms with van der Waals surface area (Å²) in [5.41, 5.74) is 4.64. The highest BCUT2D eigenvalue weighted by Crippen LogP contribution is 2.14. The fraction of sp³-hybridized carbons (Fsp3) is 0.273. The first-order chi connectivity index (χ1) is 13.1. The highest BCUT2D eigenvalue weighted by atomic mass is 16.5. The molecule has 1 aromatic heterocycles. The predicted molar refractivity (Wildman–Crippen MR) is 110 cm³/mol. The number of anilines is 2. The van der Waals surface area contributed by atoms with Crippen LogP contribution in [0.25, 0.3) is 0 Å². The molecular weight excluding hydrogens is 336 g/mol. The Morgan fingerprint density at radius 1 is 0.889 bits per heavy atom. The van der Waals surface area contributed by atoms with Crippen molar-refractivity contribution in [1.82, 2.24) is 9.97 Å². The number of benzene rings is 2. The number of nitrogens with one attached hydrogen (secondary N) is 2. The number of aryl methyl sites for hydroxylation is 2. The van der Waals surface area contributed by atoms with Crippen LogP contribution in [-0.2, 0) is 13.0 Å². The molecule has 0 saturated heterocycles. The summed E-state index contributed by atoms with van der Waals surface area (Å²) in [6, 6.07) is 18.5. The smallest absolute Gasteiger partial charge is 0.224 e. The Kier molecular flexibility index (Phi) is 6.26. The summed E-state index contributed by atoms with van der Waals surface area (Å²) < 4.78 is 5.27. The maximum atomic E-state index is 5.27. The number of hydrogen-bond acceptors (Lipinski definition) is 5. The highest BCUT2D eigenvalue weighted by Gasteiger charge is 2.03. The third kappa shape index (κ3) is 5.71. The zero-order chi connectivity index (χ0) is 19.1. The minimum Gasteiger partial charge on any atom is -0.497 e. The van der Waals surface area contributed by atoms with Crippen molar-refractivity contribution >= 4 is 11.8 Å². The lowest BCUT2D eigenvalue weighted by atomic mass is 10.1. The summed E-state index contributed by atoms with van der Waals surface area (Å²) in [6.45, 7) is 5.57. The molecule has 0 saturated carbocycles. The van der Waals surface area contributed by atoms with Gasteiger partial charge in [0, 0.05) is 24.8 Å². The molecule has 0 amide bonds. The molecule has 0 atom stereocenters. The summed E-state index contributed by atoms with van der Waals surface area (Å²) in [4.78, 5) is 9.06. The van der Waals surface area contributed by atoms with Crippen LogP contribution in [0.4, 0.5) is 11.8 Å². The van der Waals surface area contributed by atoms with E-state index in [9.17, 15) is 0 Å². The van der Waals surface area contributed by atoms with E-state index in [0.717, 1.165) is 36.8 Å². The van der Waals surface area contributed by atoms with E-state index in [2.05, 4.69) is 57.9 Å². The van der Waals surface area contributed by atoms with E-state index < -0.39 is 0 Å². The number of nitrogens with zero attached hydrogens (tertiary/aromatic N) is 2. The quantitative estimate of drug-likeness (QED) is 0.623. The van der Waals surface area contributed by atoms with Crippen LogP contribution in [0.2, 0.25) is 0 Å². The number of rotatable bonds is 8. The molecule has 0 spiro atoms. The first-order valence-electron chi connectivity index (χ1n) is 9.14. The van der Waals surface area contributed by atoms with Gasteiger partial charge in [0.2, 0.25) is 5.95 Å². The van der Waals surface area contributed by atoms with Gasteiger partial charge in [0.15, 0.2) is 0 Å². The largest absolute Gasteiger partial charge is 0.497 e. The molecule has 5 nitrogen and oxygen atoms in total. The van der Waals surface area contributed by atoms with E-state index in [1.807, 2.05) is 31.2 Å². The second kappa shape index (κ2) is 9.03. The fourth-order valence-corrected chi connectivity index (χ4v) is 2.90. The van der Waals surface area contributed by atoms with E-state index in [0.29, 0.717) is 5.95 Å². The molecule has 2 aromatic carbocycles. The third-order valence-electron chi connectivity index (χ3n) is 4.24. The van der Waals surface area contributed by atoms with Crippen LogP contribution in [0, 0.1) is 13.8 Å². The molecule has 27 heavy (non-hydrogen) atoms. The fourth-order valence-electron chi connectivity index (χ4n) is 2.90. The number of aromatic nitrogens is 2. The van der Waals surface area contributed by atoms with Crippen LogP contribution in [0.15, 0.2) is 54.6 Å². The van der Waals surface area contributed by atoms with Gasteiger partial charge in [0.25, 0.3) is 0 Å². The summed E-state index contributed by atoms with van der Waals surface area (Å²) in [6.07, 6.45) is 0.876. The van der Waals surface area contributed by atoms with Crippen LogP contribution in [0.1, 0.15) is 22.4 Å². The molecule has 0 aliphatic rings. The molecule has 3 rings (SSSR count). The predicted octanol–water partition coefficient (Wildman–Crippen LogP) is 4.37. The van der Waals surface area contributed by atoms with Crippen LogP contribution in [0.5, 0.6) is 5.75 Å². The maximum Gasteiger partial charge on any atom is 0.224 e. The van der Waals surface area contributed by atoms with E-state index in [4.69, 9.17) is 4.74 Å². The Bertz CT molecular complexity index is 895. The van der Waals surface area contributed by atoms with Gasteiger partial charge in [-0.15, -0.1) is 0 Å². The molecule has 0 bridgehead atoms. The van der Waals surface area contributed by atoms with Crippen molar-refractivity contribution in [3.05, 3.63) is 77.0 Å². The molecule has 140 valence electrons. The van der Waals surface area contributed by atoms with E-state index >= 15 is 0 Å². The van der Waals surface area contributed by atoms with Gasteiger partial charge in [-0.1, -0.05) is 42.0 Å². The number of ether oxygens (including phenoxy) is 1. The normalized spacial score (nSPS) is 10.5. The molecule has 1 heterocycles. The first-order valence-corrected chi connectivity index (χ1v) is 9.14. The van der Waals surface area contributed by atoms with Crippen molar-refractivity contribution in [3.8, 4) is 5.75 Å². The summed E-state index contributed by atoms with van der Waals surface area (Å²) >= 11 is 0. The van der Waals surface area contributed by atoms with Gasteiger partial charge in [0.05, 0.1) is 7.11 Å². The molecule has 0 radical (unpaired) electrons.